The Morgan fingerprint density at radius 3 is 2.28 bits per heavy atom. The second-order valence-corrected chi connectivity index (χ2v) is 8.02. The maximum atomic E-state index is 3.88. The molecule has 0 spiro atoms. The smallest absolute Gasteiger partial charge is 0.0402 e. The zero-order chi connectivity index (χ0) is 17.2. The summed E-state index contributed by atoms with van der Waals surface area (Å²) in [6, 6.07) is 19.0. The molecule has 0 aromatic heterocycles. The minimum Gasteiger partial charge on any atom is -0.371 e. The molecule has 132 valence electrons. The summed E-state index contributed by atoms with van der Waals surface area (Å²) in [5.74, 6) is 0.931. The fraction of sp³-hybridized carbons (Fsp3) is 0.478. The second-order valence-electron chi connectivity index (χ2n) is 8.02. The Morgan fingerprint density at radius 1 is 0.880 bits per heavy atom. The zero-order valence-corrected chi connectivity index (χ0v) is 15.5. The lowest BCUT2D eigenvalue weighted by Crippen LogP contribution is -2.50. The lowest BCUT2D eigenvalue weighted by atomic mass is 9.81. The normalized spacial score (nSPS) is 24.2. The third-order valence-corrected chi connectivity index (χ3v) is 6.07. The summed E-state index contributed by atoms with van der Waals surface area (Å²) in [7, 11) is 0. The molecule has 1 saturated carbocycles. The van der Waals surface area contributed by atoms with Crippen molar-refractivity contribution in [3.8, 4) is 11.1 Å². The first-order chi connectivity index (χ1) is 12.2. The van der Waals surface area contributed by atoms with E-state index in [-0.39, 0.29) is 0 Å². The molecule has 1 heterocycles. The van der Waals surface area contributed by atoms with E-state index in [1.807, 2.05) is 0 Å². The Bertz CT molecular complexity index is 695. The highest BCUT2D eigenvalue weighted by Gasteiger charge is 2.29. The van der Waals surface area contributed by atoms with Crippen molar-refractivity contribution in [3.63, 3.8) is 0 Å². The van der Waals surface area contributed by atoms with Crippen LogP contribution in [-0.4, -0.2) is 25.2 Å². The first kappa shape index (κ1) is 16.7. The van der Waals surface area contributed by atoms with Crippen molar-refractivity contribution in [1.29, 1.82) is 0 Å². The lowest BCUT2D eigenvalue weighted by Gasteiger charge is -2.40. The number of anilines is 1. The van der Waals surface area contributed by atoms with E-state index in [0.29, 0.717) is 6.04 Å². The fourth-order valence-corrected chi connectivity index (χ4v) is 4.56. The van der Waals surface area contributed by atoms with Crippen LogP contribution in [0.3, 0.4) is 0 Å². The summed E-state index contributed by atoms with van der Waals surface area (Å²) < 4.78 is 0. The van der Waals surface area contributed by atoms with E-state index in [9.17, 15) is 0 Å². The van der Waals surface area contributed by atoms with Gasteiger partial charge in [0.05, 0.1) is 0 Å². The molecular formula is C23H30N2. The van der Waals surface area contributed by atoms with Crippen molar-refractivity contribution >= 4 is 5.69 Å². The number of hydrogen-bond acceptors (Lipinski definition) is 2. The van der Waals surface area contributed by atoms with E-state index in [2.05, 4.69) is 72.6 Å². The van der Waals surface area contributed by atoms with Crippen LogP contribution in [0.4, 0.5) is 5.69 Å². The summed E-state index contributed by atoms with van der Waals surface area (Å²) >= 11 is 0. The highest BCUT2D eigenvalue weighted by molar-refractivity contribution is 5.74. The average molecular weight is 335 g/mol. The van der Waals surface area contributed by atoms with Gasteiger partial charge in [0.2, 0.25) is 0 Å². The highest BCUT2D eigenvalue weighted by atomic mass is 15.2. The molecule has 1 aliphatic carbocycles. The summed E-state index contributed by atoms with van der Waals surface area (Å²) in [6.45, 7) is 6.97. The fourth-order valence-electron chi connectivity index (χ4n) is 4.56. The first-order valence-electron chi connectivity index (χ1n) is 9.86. The molecule has 2 fully saturated rings. The Hall–Kier alpha value is -1.80. The van der Waals surface area contributed by atoms with E-state index >= 15 is 0 Å². The maximum Gasteiger partial charge on any atom is 0.0402 e. The Balaban J connectivity index is 1.43. The van der Waals surface area contributed by atoms with Crippen molar-refractivity contribution < 1.29 is 0 Å². The minimum absolute atomic E-state index is 0.714. The van der Waals surface area contributed by atoms with Gasteiger partial charge in [-0.15, -0.1) is 0 Å². The summed E-state index contributed by atoms with van der Waals surface area (Å²) in [5, 5.41) is 3.88. The molecule has 25 heavy (non-hydrogen) atoms. The molecule has 1 aliphatic heterocycles. The third-order valence-electron chi connectivity index (χ3n) is 6.07. The van der Waals surface area contributed by atoms with Crippen LogP contribution in [0.1, 0.15) is 38.2 Å². The van der Waals surface area contributed by atoms with Crippen LogP contribution in [0.25, 0.3) is 11.1 Å². The van der Waals surface area contributed by atoms with Gasteiger partial charge in [-0.2, -0.15) is 0 Å². The van der Waals surface area contributed by atoms with Gasteiger partial charge in [0.1, 0.15) is 0 Å². The molecule has 0 amide bonds. The van der Waals surface area contributed by atoms with E-state index in [1.165, 1.54) is 61.2 Å². The van der Waals surface area contributed by atoms with E-state index in [4.69, 9.17) is 0 Å². The summed E-state index contributed by atoms with van der Waals surface area (Å²) in [6.07, 6.45) is 5.27. The number of piperidine rings is 1. The lowest BCUT2D eigenvalue weighted by molar-refractivity contribution is 0.211. The molecule has 1 N–H and O–H groups in total. The van der Waals surface area contributed by atoms with Crippen LogP contribution >= 0.6 is 0 Å². The summed E-state index contributed by atoms with van der Waals surface area (Å²) in [5.41, 5.74) is 5.50. The van der Waals surface area contributed by atoms with E-state index in [0.717, 1.165) is 12.0 Å². The molecule has 0 unspecified atom stereocenters. The maximum absolute atomic E-state index is 3.88. The van der Waals surface area contributed by atoms with Gasteiger partial charge in [-0.1, -0.05) is 49.4 Å². The molecule has 0 bridgehead atoms. The Kier molecular flexibility index (Phi) is 4.80. The standard InChI is InChI=1S/C23H30N2/c1-17-15-21(16-17)24-20-11-13-25(14-12-20)23-10-6-9-22(18(23)2)19-7-4-3-5-8-19/h3-10,17,20-21,24H,11-16H2,1-2H3. The van der Waals surface area contributed by atoms with Crippen molar-refractivity contribution in [2.45, 2.75) is 51.6 Å². The van der Waals surface area contributed by atoms with Gasteiger partial charge in [-0.3, -0.25) is 0 Å². The first-order valence-corrected chi connectivity index (χ1v) is 9.86. The Labute approximate surface area is 152 Å². The number of nitrogens with one attached hydrogen (secondary N) is 1. The van der Waals surface area contributed by atoms with Gasteiger partial charge < -0.3 is 10.2 Å². The van der Waals surface area contributed by atoms with Gasteiger partial charge in [-0.05, 0) is 61.3 Å². The number of hydrogen-bond donors (Lipinski definition) is 1. The topological polar surface area (TPSA) is 15.3 Å². The molecule has 0 radical (unpaired) electrons. The number of nitrogens with zero attached hydrogens (tertiary/aromatic N) is 1. The van der Waals surface area contributed by atoms with Gasteiger partial charge in [0.25, 0.3) is 0 Å². The monoisotopic (exact) mass is 334 g/mol. The predicted molar refractivity (Wildman–Crippen MR) is 107 cm³/mol. The van der Waals surface area contributed by atoms with E-state index < -0.39 is 0 Å². The second kappa shape index (κ2) is 7.21. The van der Waals surface area contributed by atoms with Crippen LogP contribution in [0.2, 0.25) is 0 Å². The molecule has 2 aliphatic rings. The number of rotatable bonds is 4. The van der Waals surface area contributed by atoms with Crippen LogP contribution in [0.5, 0.6) is 0 Å². The van der Waals surface area contributed by atoms with Crippen molar-refractivity contribution in [2.75, 3.05) is 18.0 Å². The molecule has 2 aromatic rings. The third kappa shape index (κ3) is 3.59. The van der Waals surface area contributed by atoms with E-state index in [1.54, 1.807) is 0 Å². The Morgan fingerprint density at radius 2 is 1.60 bits per heavy atom. The predicted octanol–water partition coefficient (Wildman–Crippen LogP) is 5.02. The average Bonchev–Trinajstić information content (AvgIpc) is 2.62. The van der Waals surface area contributed by atoms with Gasteiger partial charge in [0, 0.05) is 30.9 Å². The minimum atomic E-state index is 0.714. The molecule has 1 saturated heterocycles. The van der Waals surface area contributed by atoms with Crippen molar-refractivity contribution in [1.82, 2.24) is 5.32 Å². The van der Waals surface area contributed by atoms with Gasteiger partial charge >= 0.3 is 0 Å². The van der Waals surface area contributed by atoms with Crippen LogP contribution in [-0.2, 0) is 0 Å². The number of benzene rings is 2. The molecule has 0 atom stereocenters. The molecule has 2 heteroatoms. The van der Waals surface area contributed by atoms with Crippen LogP contribution < -0.4 is 10.2 Å². The van der Waals surface area contributed by atoms with Crippen LogP contribution in [0.15, 0.2) is 48.5 Å². The molecule has 4 rings (SSSR count). The van der Waals surface area contributed by atoms with Gasteiger partial charge in [0.15, 0.2) is 0 Å². The quantitative estimate of drug-likeness (QED) is 0.844. The SMILES string of the molecule is Cc1c(-c2ccccc2)cccc1N1CCC(NC2CC(C)C2)CC1. The summed E-state index contributed by atoms with van der Waals surface area (Å²) in [4.78, 5) is 2.59. The molecular weight excluding hydrogens is 304 g/mol. The van der Waals surface area contributed by atoms with Gasteiger partial charge in [-0.25, -0.2) is 0 Å². The highest BCUT2D eigenvalue weighted by Crippen LogP contribution is 2.33. The largest absolute Gasteiger partial charge is 0.371 e. The molecule has 2 aromatic carbocycles. The van der Waals surface area contributed by atoms with Crippen LogP contribution in [0, 0.1) is 12.8 Å². The molecule has 2 nitrogen and oxygen atoms in total. The van der Waals surface area contributed by atoms with Crippen molar-refractivity contribution in [2.24, 2.45) is 5.92 Å². The van der Waals surface area contributed by atoms with Crippen molar-refractivity contribution in [3.05, 3.63) is 54.1 Å². The zero-order valence-electron chi connectivity index (χ0n) is 15.5.